The summed E-state index contributed by atoms with van der Waals surface area (Å²) < 4.78 is 5.39. The highest BCUT2D eigenvalue weighted by atomic mass is 16.6. The first-order valence-corrected chi connectivity index (χ1v) is 6.47. The van der Waals surface area contributed by atoms with Crippen LogP contribution in [0.3, 0.4) is 0 Å². The first kappa shape index (κ1) is 14.3. The lowest BCUT2D eigenvalue weighted by atomic mass is 10.2. The van der Waals surface area contributed by atoms with Crippen molar-refractivity contribution in [3.63, 3.8) is 0 Å². The predicted molar refractivity (Wildman–Crippen MR) is 66.9 cm³/mol. The van der Waals surface area contributed by atoms with Crippen molar-refractivity contribution in [2.75, 3.05) is 6.54 Å². The molecule has 0 aliphatic heterocycles. The summed E-state index contributed by atoms with van der Waals surface area (Å²) in [7, 11) is 0. The number of carbonyl (C=O) groups is 1. The minimum absolute atomic E-state index is 0.236. The van der Waals surface area contributed by atoms with Gasteiger partial charge in [-0.25, -0.2) is 4.79 Å². The van der Waals surface area contributed by atoms with E-state index in [-0.39, 0.29) is 12.1 Å². The van der Waals surface area contributed by atoms with Crippen LogP contribution < -0.4 is 0 Å². The van der Waals surface area contributed by atoms with Gasteiger partial charge < -0.3 is 14.7 Å². The average Bonchev–Trinajstić information content (AvgIpc) is 2.63. The Labute approximate surface area is 104 Å². The van der Waals surface area contributed by atoms with Crippen LogP contribution in [0.1, 0.15) is 53.4 Å². The highest BCUT2D eigenvalue weighted by Gasteiger charge is 2.30. The number of hydrogen-bond donors (Lipinski definition) is 1. The van der Waals surface area contributed by atoms with Gasteiger partial charge in [-0.05, 0) is 40.5 Å². The Balaban J connectivity index is 2.64. The van der Waals surface area contributed by atoms with Crippen LogP contribution in [0.15, 0.2) is 0 Å². The van der Waals surface area contributed by atoms with Gasteiger partial charge >= 0.3 is 6.09 Å². The van der Waals surface area contributed by atoms with Gasteiger partial charge in [0.1, 0.15) is 5.60 Å². The van der Waals surface area contributed by atoms with Crippen molar-refractivity contribution >= 4 is 6.09 Å². The van der Waals surface area contributed by atoms with E-state index in [1.54, 1.807) is 11.8 Å². The molecule has 1 aliphatic carbocycles. The summed E-state index contributed by atoms with van der Waals surface area (Å²) >= 11 is 0. The quantitative estimate of drug-likeness (QED) is 0.828. The van der Waals surface area contributed by atoms with Gasteiger partial charge in [0.2, 0.25) is 0 Å². The molecule has 4 heteroatoms. The molecule has 0 unspecified atom stereocenters. The highest BCUT2D eigenvalue weighted by molar-refractivity contribution is 5.68. The maximum Gasteiger partial charge on any atom is 0.410 e. The van der Waals surface area contributed by atoms with Crippen molar-refractivity contribution in [3.05, 3.63) is 0 Å². The molecule has 17 heavy (non-hydrogen) atoms. The van der Waals surface area contributed by atoms with E-state index in [9.17, 15) is 9.90 Å². The van der Waals surface area contributed by atoms with E-state index in [0.717, 1.165) is 25.7 Å². The molecule has 1 fully saturated rings. The fourth-order valence-corrected chi connectivity index (χ4v) is 2.19. The third kappa shape index (κ3) is 4.94. The lowest BCUT2D eigenvalue weighted by Gasteiger charge is -2.32. The lowest BCUT2D eigenvalue weighted by molar-refractivity contribution is 0.00621. The summed E-state index contributed by atoms with van der Waals surface area (Å²) in [6.07, 6.45) is 3.54. The molecule has 1 aliphatic rings. The minimum atomic E-state index is -0.511. The predicted octanol–water partition coefficient (Wildman–Crippen LogP) is 2.55. The molecule has 1 atom stereocenters. The maximum absolute atomic E-state index is 12.1. The molecule has 0 radical (unpaired) electrons. The molecular weight excluding hydrogens is 218 g/mol. The molecule has 0 saturated heterocycles. The number of ether oxygens (including phenoxy) is 1. The summed E-state index contributed by atoms with van der Waals surface area (Å²) in [4.78, 5) is 13.8. The van der Waals surface area contributed by atoms with E-state index < -0.39 is 11.7 Å². The van der Waals surface area contributed by atoms with Crippen LogP contribution in [0.2, 0.25) is 0 Å². The third-order valence-corrected chi connectivity index (χ3v) is 2.85. The molecule has 0 aromatic carbocycles. The van der Waals surface area contributed by atoms with Crippen molar-refractivity contribution in [1.82, 2.24) is 4.90 Å². The van der Waals surface area contributed by atoms with Crippen LogP contribution in [-0.4, -0.2) is 40.4 Å². The first-order valence-electron chi connectivity index (χ1n) is 6.47. The number of rotatable bonds is 3. The first-order chi connectivity index (χ1) is 7.79. The summed E-state index contributed by atoms with van der Waals surface area (Å²) in [6.45, 7) is 7.65. The van der Waals surface area contributed by atoms with Crippen LogP contribution >= 0.6 is 0 Å². The highest BCUT2D eigenvalue weighted by Crippen LogP contribution is 2.25. The number of aliphatic hydroxyl groups is 1. The van der Waals surface area contributed by atoms with Gasteiger partial charge in [-0.15, -0.1) is 0 Å². The zero-order valence-electron chi connectivity index (χ0n) is 11.4. The van der Waals surface area contributed by atoms with Gasteiger partial charge in [-0.1, -0.05) is 12.8 Å². The van der Waals surface area contributed by atoms with Gasteiger partial charge in [0.15, 0.2) is 0 Å². The molecule has 0 aromatic heterocycles. The van der Waals surface area contributed by atoms with Crippen molar-refractivity contribution < 1.29 is 14.6 Å². The SMILES string of the molecule is C[C@H](O)CN(C(=O)OC(C)(C)C)C1CCCC1. The zero-order valence-corrected chi connectivity index (χ0v) is 11.4. The fraction of sp³-hybridized carbons (Fsp3) is 0.923. The molecule has 1 rings (SSSR count). The maximum atomic E-state index is 12.1. The van der Waals surface area contributed by atoms with Gasteiger partial charge in [-0.3, -0.25) is 0 Å². The summed E-state index contributed by atoms with van der Waals surface area (Å²) in [5.41, 5.74) is -0.480. The van der Waals surface area contributed by atoms with Gasteiger partial charge in [-0.2, -0.15) is 0 Å². The molecule has 0 spiro atoms. The van der Waals surface area contributed by atoms with Crippen molar-refractivity contribution in [2.24, 2.45) is 0 Å². The number of nitrogens with zero attached hydrogens (tertiary/aromatic N) is 1. The fourth-order valence-electron chi connectivity index (χ4n) is 2.19. The monoisotopic (exact) mass is 243 g/mol. The number of amides is 1. The van der Waals surface area contributed by atoms with Crippen LogP contribution in [0.25, 0.3) is 0 Å². The molecule has 0 heterocycles. The van der Waals surface area contributed by atoms with Crippen LogP contribution in [0.5, 0.6) is 0 Å². The van der Waals surface area contributed by atoms with Crippen LogP contribution in [-0.2, 0) is 4.74 Å². The Kier molecular flexibility index (Phi) is 4.80. The smallest absolute Gasteiger partial charge is 0.410 e. The topological polar surface area (TPSA) is 49.8 Å². The Morgan fingerprint density at radius 1 is 1.41 bits per heavy atom. The zero-order chi connectivity index (χ0) is 13.1. The number of hydrogen-bond acceptors (Lipinski definition) is 3. The van der Waals surface area contributed by atoms with Gasteiger partial charge in [0, 0.05) is 12.6 Å². The summed E-state index contributed by atoms with van der Waals surface area (Å²) in [5, 5.41) is 9.48. The second-order valence-electron chi connectivity index (χ2n) is 5.92. The molecule has 1 amide bonds. The molecule has 100 valence electrons. The Hall–Kier alpha value is -0.770. The van der Waals surface area contributed by atoms with Crippen LogP contribution in [0.4, 0.5) is 4.79 Å². The Bertz CT molecular complexity index is 252. The van der Waals surface area contributed by atoms with Crippen molar-refractivity contribution in [1.29, 1.82) is 0 Å². The molecule has 1 N–H and O–H groups in total. The second-order valence-corrected chi connectivity index (χ2v) is 5.92. The van der Waals surface area contributed by atoms with E-state index in [0.29, 0.717) is 6.54 Å². The molecule has 0 bridgehead atoms. The van der Waals surface area contributed by atoms with E-state index in [4.69, 9.17) is 4.74 Å². The van der Waals surface area contributed by atoms with E-state index >= 15 is 0 Å². The third-order valence-electron chi connectivity index (χ3n) is 2.85. The molecular formula is C13H25NO3. The summed E-state index contributed by atoms with van der Waals surface area (Å²) in [5.74, 6) is 0. The standard InChI is InChI=1S/C13H25NO3/c1-10(15)9-14(11-7-5-6-8-11)12(16)17-13(2,3)4/h10-11,15H,5-9H2,1-4H3/t10-/m0/s1. The van der Waals surface area contributed by atoms with Gasteiger partial charge in [0.05, 0.1) is 6.10 Å². The van der Waals surface area contributed by atoms with Crippen molar-refractivity contribution in [3.8, 4) is 0 Å². The van der Waals surface area contributed by atoms with E-state index in [1.165, 1.54) is 0 Å². The number of aliphatic hydroxyl groups excluding tert-OH is 1. The van der Waals surface area contributed by atoms with Crippen LogP contribution in [0, 0.1) is 0 Å². The summed E-state index contributed by atoms with van der Waals surface area (Å²) in [6, 6.07) is 0.236. The molecule has 4 nitrogen and oxygen atoms in total. The van der Waals surface area contributed by atoms with E-state index in [1.807, 2.05) is 20.8 Å². The largest absolute Gasteiger partial charge is 0.444 e. The van der Waals surface area contributed by atoms with Crippen molar-refractivity contribution in [2.45, 2.75) is 71.1 Å². The Morgan fingerprint density at radius 2 is 1.94 bits per heavy atom. The van der Waals surface area contributed by atoms with E-state index in [2.05, 4.69) is 0 Å². The number of carbonyl (C=O) groups excluding carboxylic acids is 1. The van der Waals surface area contributed by atoms with Gasteiger partial charge in [0.25, 0.3) is 0 Å². The molecule has 0 aromatic rings. The average molecular weight is 243 g/mol. The lowest BCUT2D eigenvalue weighted by Crippen LogP contribution is -2.45. The second kappa shape index (κ2) is 5.71. The molecule has 1 saturated carbocycles. The minimum Gasteiger partial charge on any atom is -0.444 e. The normalized spacial score (nSPS) is 19.1. The Morgan fingerprint density at radius 3 is 2.35 bits per heavy atom.